The fourth-order valence-electron chi connectivity index (χ4n) is 1.27. The summed E-state index contributed by atoms with van der Waals surface area (Å²) in [5, 5.41) is 9.95. The number of hydrogen-bond acceptors (Lipinski definition) is 3. The maximum absolute atomic E-state index is 4.32. The smallest absolute Gasteiger partial charge is 0.0684 e. The van der Waals surface area contributed by atoms with Gasteiger partial charge in [0.1, 0.15) is 0 Å². The van der Waals surface area contributed by atoms with Crippen LogP contribution in [0.5, 0.6) is 0 Å². The van der Waals surface area contributed by atoms with Gasteiger partial charge in [-0.1, -0.05) is 0 Å². The second kappa shape index (κ2) is 5.56. The molecule has 4 nitrogen and oxygen atoms in total. The third-order valence-corrected chi connectivity index (χ3v) is 3.18. The molecule has 0 aromatic carbocycles. The number of hydrogen-bond donors (Lipinski definition) is 2. The van der Waals surface area contributed by atoms with E-state index in [1.165, 1.54) is 0 Å². The molecule has 0 saturated heterocycles. The summed E-state index contributed by atoms with van der Waals surface area (Å²) >= 11 is 6.85. The Morgan fingerprint density at radius 2 is 2.12 bits per heavy atom. The summed E-state index contributed by atoms with van der Waals surface area (Å²) in [7, 11) is 0. The van der Waals surface area contributed by atoms with Crippen molar-refractivity contribution in [3.63, 3.8) is 0 Å². The van der Waals surface area contributed by atoms with Crippen molar-refractivity contribution in [1.82, 2.24) is 20.5 Å². The molecule has 0 fully saturated rings. The summed E-state index contributed by atoms with van der Waals surface area (Å²) in [5.74, 6) is 0. The van der Waals surface area contributed by atoms with Crippen molar-refractivity contribution in [3.8, 4) is 0 Å². The highest BCUT2D eigenvalue weighted by atomic mass is 79.9. The van der Waals surface area contributed by atoms with Crippen molar-refractivity contribution in [2.45, 2.75) is 13.1 Å². The zero-order chi connectivity index (χ0) is 11.4. The van der Waals surface area contributed by atoms with Crippen LogP contribution in [0.2, 0.25) is 0 Å². The monoisotopic (exact) mass is 344 g/mol. The van der Waals surface area contributed by atoms with Gasteiger partial charge >= 0.3 is 0 Å². The summed E-state index contributed by atoms with van der Waals surface area (Å²) in [6, 6.07) is 1.99. The van der Waals surface area contributed by atoms with Crippen molar-refractivity contribution in [2.24, 2.45) is 0 Å². The van der Waals surface area contributed by atoms with Gasteiger partial charge in [0.15, 0.2) is 0 Å². The Balaban J connectivity index is 1.90. The van der Waals surface area contributed by atoms with E-state index in [-0.39, 0.29) is 0 Å². The van der Waals surface area contributed by atoms with Crippen molar-refractivity contribution in [3.05, 3.63) is 44.9 Å². The molecule has 6 heteroatoms. The van der Waals surface area contributed by atoms with E-state index in [1.807, 2.05) is 12.3 Å². The normalized spacial score (nSPS) is 10.6. The SMILES string of the molecule is Brc1cnc(CNCc2cn[nH]c2)c(Br)c1. The molecule has 0 radical (unpaired) electrons. The maximum Gasteiger partial charge on any atom is 0.0684 e. The minimum Gasteiger partial charge on any atom is -0.307 e. The van der Waals surface area contributed by atoms with Crippen molar-refractivity contribution < 1.29 is 0 Å². The number of nitrogens with zero attached hydrogens (tertiary/aromatic N) is 2. The van der Waals surface area contributed by atoms with E-state index >= 15 is 0 Å². The molecule has 2 rings (SSSR count). The standard InChI is InChI=1S/C10H10Br2N4/c11-8-1-9(12)10(14-5-8)6-13-2-7-3-15-16-4-7/h1,3-5,13H,2,6H2,(H,15,16). The molecule has 2 heterocycles. The first kappa shape index (κ1) is 11.8. The minimum absolute atomic E-state index is 0.721. The van der Waals surface area contributed by atoms with Crippen LogP contribution in [0.4, 0.5) is 0 Å². The topological polar surface area (TPSA) is 53.6 Å². The average Bonchev–Trinajstić information content (AvgIpc) is 2.74. The van der Waals surface area contributed by atoms with Crippen LogP contribution in [0.1, 0.15) is 11.3 Å². The summed E-state index contributed by atoms with van der Waals surface area (Å²) in [6.45, 7) is 1.50. The number of H-pyrrole nitrogens is 1. The molecule has 84 valence electrons. The van der Waals surface area contributed by atoms with Crippen LogP contribution in [0.15, 0.2) is 33.6 Å². The van der Waals surface area contributed by atoms with E-state index in [0.717, 1.165) is 33.3 Å². The summed E-state index contributed by atoms with van der Waals surface area (Å²) in [4.78, 5) is 4.32. The van der Waals surface area contributed by atoms with Gasteiger partial charge in [0, 0.05) is 40.0 Å². The number of aromatic amines is 1. The molecule has 0 saturated carbocycles. The minimum atomic E-state index is 0.721. The number of aromatic nitrogens is 3. The Labute approximate surface area is 110 Å². The van der Waals surface area contributed by atoms with Crippen LogP contribution in [0.25, 0.3) is 0 Å². The molecule has 0 aliphatic carbocycles. The third kappa shape index (κ3) is 3.13. The predicted molar refractivity (Wildman–Crippen MR) is 68.8 cm³/mol. The summed E-state index contributed by atoms with van der Waals surface area (Å²) < 4.78 is 1.97. The van der Waals surface area contributed by atoms with Gasteiger partial charge in [-0.25, -0.2) is 0 Å². The molecular weight excluding hydrogens is 336 g/mol. The van der Waals surface area contributed by atoms with E-state index in [4.69, 9.17) is 0 Å². The van der Waals surface area contributed by atoms with Crippen molar-refractivity contribution >= 4 is 31.9 Å². The van der Waals surface area contributed by atoms with Crippen LogP contribution < -0.4 is 5.32 Å². The molecule has 2 aromatic rings. The van der Waals surface area contributed by atoms with Gasteiger partial charge in [0.2, 0.25) is 0 Å². The van der Waals surface area contributed by atoms with Crippen LogP contribution in [0, 0.1) is 0 Å². The van der Waals surface area contributed by atoms with Crippen molar-refractivity contribution in [1.29, 1.82) is 0 Å². The van der Waals surface area contributed by atoms with Gasteiger partial charge in [-0.15, -0.1) is 0 Å². The van der Waals surface area contributed by atoms with Crippen LogP contribution >= 0.6 is 31.9 Å². The fourth-order valence-corrected chi connectivity index (χ4v) is 2.40. The van der Waals surface area contributed by atoms with Gasteiger partial charge in [-0.05, 0) is 37.9 Å². The zero-order valence-electron chi connectivity index (χ0n) is 8.37. The zero-order valence-corrected chi connectivity index (χ0v) is 11.5. The average molecular weight is 346 g/mol. The Hall–Kier alpha value is -0.720. The van der Waals surface area contributed by atoms with E-state index in [9.17, 15) is 0 Å². The second-order valence-corrected chi connectivity index (χ2v) is 5.06. The molecule has 0 unspecified atom stereocenters. The van der Waals surface area contributed by atoms with Crippen molar-refractivity contribution in [2.75, 3.05) is 0 Å². The van der Waals surface area contributed by atoms with E-state index < -0.39 is 0 Å². The lowest BCUT2D eigenvalue weighted by atomic mass is 10.3. The molecular formula is C10H10Br2N4. The Bertz CT molecular complexity index is 456. The summed E-state index contributed by atoms with van der Waals surface area (Å²) in [5.41, 5.74) is 2.12. The fraction of sp³-hybridized carbons (Fsp3) is 0.200. The maximum atomic E-state index is 4.32. The number of rotatable bonds is 4. The molecule has 0 amide bonds. The third-order valence-electron chi connectivity index (χ3n) is 2.06. The molecule has 0 aliphatic heterocycles. The molecule has 2 N–H and O–H groups in total. The van der Waals surface area contributed by atoms with Gasteiger partial charge < -0.3 is 5.32 Å². The van der Waals surface area contributed by atoms with Gasteiger partial charge in [0.05, 0.1) is 11.9 Å². The Kier molecular flexibility index (Phi) is 4.09. The summed E-state index contributed by atoms with van der Waals surface area (Å²) in [6.07, 6.45) is 5.47. The number of halogens is 2. The highest BCUT2D eigenvalue weighted by Crippen LogP contribution is 2.19. The lowest BCUT2D eigenvalue weighted by Gasteiger charge is -2.05. The molecule has 0 spiro atoms. The first-order chi connectivity index (χ1) is 7.75. The lowest BCUT2D eigenvalue weighted by molar-refractivity contribution is 0.677. The molecule has 2 aromatic heterocycles. The molecule has 0 bridgehead atoms. The first-order valence-corrected chi connectivity index (χ1v) is 6.32. The molecule has 0 atom stereocenters. The largest absolute Gasteiger partial charge is 0.307 e. The Morgan fingerprint density at radius 3 is 2.81 bits per heavy atom. The number of pyridine rings is 1. The highest BCUT2D eigenvalue weighted by Gasteiger charge is 2.02. The van der Waals surface area contributed by atoms with E-state index in [0.29, 0.717) is 0 Å². The quantitative estimate of drug-likeness (QED) is 0.895. The molecule has 16 heavy (non-hydrogen) atoms. The second-order valence-electron chi connectivity index (χ2n) is 3.29. The lowest BCUT2D eigenvalue weighted by Crippen LogP contribution is -2.13. The van der Waals surface area contributed by atoms with Gasteiger partial charge in [-0.2, -0.15) is 5.10 Å². The van der Waals surface area contributed by atoms with Crippen LogP contribution in [-0.2, 0) is 13.1 Å². The first-order valence-electron chi connectivity index (χ1n) is 4.74. The molecule has 0 aliphatic rings. The van der Waals surface area contributed by atoms with Crippen LogP contribution in [0.3, 0.4) is 0 Å². The predicted octanol–water partition coefficient (Wildman–Crippen LogP) is 2.62. The Morgan fingerprint density at radius 1 is 1.25 bits per heavy atom. The highest BCUT2D eigenvalue weighted by molar-refractivity contribution is 9.11. The van der Waals surface area contributed by atoms with Gasteiger partial charge in [0.25, 0.3) is 0 Å². The van der Waals surface area contributed by atoms with Crippen LogP contribution in [-0.4, -0.2) is 15.2 Å². The number of nitrogens with one attached hydrogen (secondary N) is 2. The van der Waals surface area contributed by atoms with E-state index in [1.54, 1.807) is 12.4 Å². The van der Waals surface area contributed by atoms with Gasteiger partial charge in [-0.3, -0.25) is 10.1 Å². The van der Waals surface area contributed by atoms with E-state index in [2.05, 4.69) is 52.4 Å².